The second-order valence-corrected chi connectivity index (χ2v) is 3.42. The van der Waals surface area contributed by atoms with Crippen molar-refractivity contribution in [2.24, 2.45) is 0 Å². The van der Waals surface area contributed by atoms with Crippen molar-refractivity contribution in [3.63, 3.8) is 0 Å². The largest absolute Gasteiger partial charge is 0.398 e. The normalized spacial score (nSPS) is 10.9. The summed E-state index contributed by atoms with van der Waals surface area (Å²) < 4.78 is 0. The highest BCUT2D eigenvalue weighted by Crippen LogP contribution is 2.22. The van der Waals surface area contributed by atoms with E-state index < -0.39 is 0 Å². The van der Waals surface area contributed by atoms with Gasteiger partial charge in [0.2, 0.25) is 0 Å². The Bertz CT molecular complexity index is 524. The summed E-state index contributed by atoms with van der Waals surface area (Å²) in [4.78, 5) is 0. The van der Waals surface area contributed by atoms with E-state index in [0.29, 0.717) is 0 Å². The van der Waals surface area contributed by atoms with Crippen LogP contribution in [0.4, 0.5) is 5.69 Å². The monoisotopic (exact) mass is 195 g/mol. The first-order valence-corrected chi connectivity index (χ1v) is 4.88. The van der Waals surface area contributed by atoms with Gasteiger partial charge >= 0.3 is 0 Å². The van der Waals surface area contributed by atoms with Gasteiger partial charge in [-0.2, -0.15) is 0 Å². The lowest BCUT2D eigenvalue weighted by atomic mass is 10.1. The zero-order chi connectivity index (χ0) is 10.7. The standard InChI is InChI=1S/C14H13N/c1-2-3-5-11-8-9-13-12(10-11)6-4-7-14(13)15/h2-10H,1,15H2/b5-3+. The summed E-state index contributed by atoms with van der Waals surface area (Å²) in [5.74, 6) is 0. The second kappa shape index (κ2) is 4.01. The molecule has 0 spiro atoms. The van der Waals surface area contributed by atoms with Gasteiger partial charge in [-0.1, -0.05) is 49.1 Å². The topological polar surface area (TPSA) is 26.0 Å². The van der Waals surface area contributed by atoms with Crippen LogP contribution in [0, 0.1) is 0 Å². The van der Waals surface area contributed by atoms with E-state index >= 15 is 0 Å². The maximum absolute atomic E-state index is 5.87. The molecule has 74 valence electrons. The average Bonchev–Trinajstić information content (AvgIpc) is 2.26. The highest BCUT2D eigenvalue weighted by molar-refractivity contribution is 5.94. The van der Waals surface area contributed by atoms with Crippen molar-refractivity contribution in [3.8, 4) is 0 Å². The van der Waals surface area contributed by atoms with Crippen molar-refractivity contribution in [2.75, 3.05) is 5.73 Å². The van der Waals surface area contributed by atoms with Gasteiger partial charge in [-0.05, 0) is 23.1 Å². The Labute approximate surface area is 89.5 Å². The van der Waals surface area contributed by atoms with Crippen LogP contribution >= 0.6 is 0 Å². The van der Waals surface area contributed by atoms with Crippen molar-refractivity contribution in [3.05, 3.63) is 60.7 Å². The van der Waals surface area contributed by atoms with Crippen LogP contribution in [-0.4, -0.2) is 0 Å². The lowest BCUT2D eigenvalue weighted by molar-refractivity contribution is 1.69. The number of hydrogen-bond acceptors (Lipinski definition) is 1. The molecule has 0 saturated carbocycles. The quantitative estimate of drug-likeness (QED) is 0.574. The van der Waals surface area contributed by atoms with Crippen molar-refractivity contribution in [2.45, 2.75) is 0 Å². The molecule has 15 heavy (non-hydrogen) atoms. The molecule has 0 aliphatic carbocycles. The third kappa shape index (κ3) is 1.91. The van der Waals surface area contributed by atoms with Gasteiger partial charge in [0.15, 0.2) is 0 Å². The van der Waals surface area contributed by atoms with Crippen LogP contribution in [0.5, 0.6) is 0 Å². The Hall–Kier alpha value is -2.02. The Morgan fingerprint density at radius 1 is 1.13 bits per heavy atom. The van der Waals surface area contributed by atoms with Gasteiger partial charge in [-0.3, -0.25) is 0 Å². The minimum atomic E-state index is 0.826. The molecule has 0 amide bonds. The van der Waals surface area contributed by atoms with Gasteiger partial charge in [0.25, 0.3) is 0 Å². The van der Waals surface area contributed by atoms with Gasteiger partial charge < -0.3 is 5.73 Å². The number of allylic oxidation sites excluding steroid dienone is 2. The number of rotatable bonds is 2. The van der Waals surface area contributed by atoms with Crippen LogP contribution in [-0.2, 0) is 0 Å². The van der Waals surface area contributed by atoms with Gasteiger partial charge in [0.05, 0.1) is 0 Å². The van der Waals surface area contributed by atoms with Crippen molar-refractivity contribution in [1.82, 2.24) is 0 Å². The molecule has 2 aromatic rings. The molecular weight excluding hydrogens is 182 g/mol. The minimum absolute atomic E-state index is 0.826. The molecule has 2 rings (SSSR count). The Balaban J connectivity index is 2.56. The summed E-state index contributed by atoms with van der Waals surface area (Å²) >= 11 is 0. The van der Waals surface area contributed by atoms with E-state index in [-0.39, 0.29) is 0 Å². The number of benzene rings is 2. The van der Waals surface area contributed by atoms with Gasteiger partial charge in [0.1, 0.15) is 0 Å². The SMILES string of the molecule is C=C/C=C/c1ccc2c(N)cccc2c1. The molecule has 0 aromatic heterocycles. The molecule has 0 aliphatic rings. The van der Waals surface area contributed by atoms with Crippen LogP contribution in [0.3, 0.4) is 0 Å². The highest BCUT2D eigenvalue weighted by atomic mass is 14.5. The molecule has 0 atom stereocenters. The maximum atomic E-state index is 5.87. The predicted molar refractivity (Wildman–Crippen MR) is 67.6 cm³/mol. The number of nitrogens with two attached hydrogens (primary N) is 1. The fourth-order valence-corrected chi connectivity index (χ4v) is 1.61. The summed E-state index contributed by atoms with van der Waals surface area (Å²) in [7, 11) is 0. The van der Waals surface area contributed by atoms with E-state index in [1.807, 2.05) is 30.4 Å². The number of hydrogen-bond donors (Lipinski definition) is 1. The van der Waals surface area contributed by atoms with E-state index in [1.54, 1.807) is 6.08 Å². The fraction of sp³-hybridized carbons (Fsp3) is 0. The van der Waals surface area contributed by atoms with E-state index in [4.69, 9.17) is 5.73 Å². The Morgan fingerprint density at radius 2 is 2.00 bits per heavy atom. The molecular formula is C14H13N. The Morgan fingerprint density at radius 3 is 2.80 bits per heavy atom. The van der Waals surface area contributed by atoms with E-state index in [1.165, 1.54) is 5.39 Å². The molecule has 0 aliphatic heterocycles. The van der Waals surface area contributed by atoms with Gasteiger partial charge in [-0.15, -0.1) is 0 Å². The molecule has 1 heteroatoms. The van der Waals surface area contributed by atoms with Crippen molar-refractivity contribution < 1.29 is 0 Å². The summed E-state index contributed by atoms with van der Waals surface area (Å²) in [6.07, 6.45) is 5.71. The van der Waals surface area contributed by atoms with Gasteiger partial charge in [-0.25, -0.2) is 0 Å². The molecule has 1 nitrogen and oxygen atoms in total. The summed E-state index contributed by atoms with van der Waals surface area (Å²) in [5, 5.41) is 2.27. The number of fused-ring (bicyclic) bond motifs is 1. The molecule has 0 unspecified atom stereocenters. The van der Waals surface area contributed by atoms with E-state index in [0.717, 1.165) is 16.6 Å². The first-order valence-electron chi connectivity index (χ1n) is 4.88. The van der Waals surface area contributed by atoms with Crippen molar-refractivity contribution in [1.29, 1.82) is 0 Å². The molecule has 0 radical (unpaired) electrons. The summed E-state index contributed by atoms with van der Waals surface area (Å²) in [6, 6.07) is 12.2. The molecule has 2 aromatic carbocycles. The van der Waals surface area contributed by atoms with Crippen LogP contribution < -0.4 is 5.73 Å². The van der Waals surface area contributed by atoms with Crippen LogP contribution in [0.1, 0.15) is 5.56 Å². The molecule has 0 bridgehead atoms. The minimum Gasteiger partial charge on any atom is -0.398 e. The number of nitrogen functional groups attached to an aromatic ring is 1. The average molecular weight is 195 g/mol. The summed E-state index contributed by atoms with van der Waals surface area (Å²) in [6.45, 7) is 3.65. The van der Waals surface area contributed by atoms with Crippen LogP contribution in [0.15, 0.2) is 55.1 Å². The molecule has 0 fully saturated rings. The maximum Gasteiger partial charge on any atom is 0.0393 e. The third-order valence-electron chi connectivity index (χ3n) is 2.36. The first-order chi connectivity index (χ1) is 7.31. The molecule has 0 saturated heterocycles. The van der Waals surface area contributed by atoms with E-state index in [2.05, 4.69) is 24.8 Å². The van der Waals surface area contributed by atoms with Crippen LogP contribution in [0.25, 0.3) is 16.8 Å². The molecule has 2 N–H and O–H groups in total. The summed E-state index contributed by atoms with van der Waals surface area (Å²) in [5.41, 5.74) is 7.86. The predicted octanol–water partition coefficient (Wildman–Crippen LogP) is 3.62. The van der Waals surface area contributed by atoms with Crippen LogP contribution in [0.2, 0.25) is 0 Å². The number of anilines is 1. The second-order valence-electron chi connectivity index (χ2n) is 3.42. The van der Waals surface area contributed by atoms with Gasteiger partial charge in [0, 0.05) is 11.1 Å². The van der Waals surface area contributed by atoms with E-state index in [9.17, 15) is 0 Å². The van der Waals surface area contributed by atoms with Crippen molar-refractivity contribution >= 4 is 22.5 Å². The smallest absolute Gasteiger partial charge is 0.0393 e. The highest BCUT2D eigenvalue weighted by Gasteiger charge is 1.96. The lowest BCUT2D eigenvalue weighted by Crippen LogP contribution is -1.86. The fourth-order valence-electron chi connectivity index (χ4n) is 1.61. The molecule has 0 heterocycles. The Kier molecular flexibility index (Phi) is 2.55. The zero-order valence-corrected chi connectivity index (χ0v) is 8.48. The third-order valence-corrected chi connectivity index (χ3v) is 2.36. The zero-order valence-electron chi connectivity index (χ0n) is 8.48. The lowest BCUT2D eigenvalue weighted by Gasteiger charge is -2.02. The first kappa shape index (κ1) is 9.53.